The predicted molar refractivity (Wildman–Crippen MR) is 390 cm³/mol. The lowest BCUT2D eigenvalue weighted by molar-refractivity contribution is -0.219. The van der Waals surface area contributed by atoms with E-state index in [0.29, 0.717) is 19.3 Å². The van der Waals surface area contributed by atoms with Crippen LogP contribution in [0.25, 0.3) is 0 Å². The highest BCUT2D eigenvalue weighted by Crippen LogP contribution is 2.50. The summed E-state index contributed by atoms with van der Waals surface area (Å²) in [5, 5.41) is 8.48. The Morgan fingerprint density at radius 3 is 1.74 bits per heavy atom. The van der Waals surface area contributed by atoms with E-state index in [2.05, 4.69) is 16.0 Å². The molecule has 3 aliphatic heterocycles. The standard InChI is InChI=1S/C77H120F8N12O13/c1-16-44(5)63-71(107)91(11)41-61(100)92(12)54-23-21-20-22-32-96(70(54)106)58(36-46-26-29-49(30-27-46)76(80,81)82)69(105)90(10)40-59(98)86-53(31-28-47-33-51(78)62(52(79)34-47)77(83,84)85)67(103)97-39-50(110-19-4)37-56(97)66(102)88-75(42-74(6,7)43-75)73(109)95(15)64(48(17-2)18-3)72(108)94(14)57(68(104)89(8)9)38-60(99)93(13)55(65(101)87-63)35-45-24-25-45/h20-21,44-58,62-64H,16-19,22-43H2,1-15H3,(H,86,98)(H,87,101)(H,88,102)/b21-20-/t44-,46?,47?,49?,50+,51?,52?,53-,54-,55-,56-,57-,58-,62?,63-,64-/m0/s1. The van der Waals surface area contributed by atoms with Gasteiger partial charge in [-0.1, -0.05) is 85.8 Å². The molecule has 622 valence electrons. The van der Waals surface area contributed by atoms with Gasteiger partial charge >= 0.3 is 12.4 Å². The third-order valence-electron chi connectivity index (χ3n) is 24.5. The van der Waals surface area contributed by atoms with Crippen molar-refractivity contribution in [2.45, 2.75) is 268 Å². The van der Waals surface area contributed by atoms with E-state index in [9.17, 15) is 55.1 Å². The molecule has 2 saturated heterocycles. The summed E-state index contributed by atoms with van der Waals surface area (Å²) < 4.78 is 122. The lowest BCUT2D eigenvalue weighted by atomic mass is 9.58. The molecule has 4 aliphatic carbocycles. The van der Waals surface area contributed by atoms with Crippen LogP contribution in [0.2, 0.25) is 0 Å². The maximum atomic E-state index is 15.8. The van der Waals surface area contributed by atoms with Crippen molar-refractivity contribution < 1.29 is 97.4 Å². The maximum Gasteiger partial charge on any atom is 0.397 e. The van der Waals surface area contributed by atoms with E-state index in [1.807, 2.05) is 27.7 Å². The zero-order chi connectivity index (χ0) is 82.1. The third kappa shape index (κ3) is 21.8. The van der Waals surface area contributed by atoms with Crippen molar-refractivity contribution in [2.75, 3.05) is 89.2 Å². The van der Waals surface area contributed by atoms with Crippen LogP contribution in [0.15, 0.2) is 12.2 Å². The molecule has 4 saturated carbocycles. The summed E-state index contributed by atoms with van der Waals surface area (Å²) in [4.78, 5) is 192. The molecule has 0 radical (unpaired) electrons. The van der Waals surface area contributed by atoms with Gasteiger partial charge in [0.15, 0.2) is 0 Å². The average Bonchev–Trinajstić information content (AvgIpc) is 0.769. The van der Waals surface area contributed by atoms with E-state index < -0.39 is 235 Å². The first-order valence-electron chi connectivity index (χ1n) is 39.3. The van der Waals surface area contributed by atoms with Crippen molar-refractivity contribution in [2.24, 2.45) is 46.8 Å². The molecule has 7 aliphatic rings. The Kier molecular flexibility index (Phi) is 30.8. The number of carbonyl (C=O) groups excluding carboxylic acids is 12. The number of fused-ring (bicyclic) bond motifs is 3. The topological polar surface area (TPSA) is 279 Å². The van der Waals surface area contributed by atoms with Crippen molar-refractivity contribution in [3.05, 3.63) is 12.2 Å². The molecule has 25 nitrogen and oxygen atoms in total. The normalized spacial score (nSPS) is 31.9. The van der Waals surface area contributed by atoms with Crippen molar-refractivity contribution in [1.82, 2.24) is 60.0 Å². The van der Waals surface area contributed by atoms with Crippen LogP contribution >= 0.6 is 0 Å². The molecule has 0 aromatic rings. The van der Waals surface area contributed by atoms with E-state index >= 15 is 37.5 Å². The number of hydrogen-bond donors (Lipinski definition) is 3. The first kappa shape index (κ1) is 90.0. The van der Waals surface area contributed by atoms with Crippen LogP contribution < -0.4 is 16.0 Å². The number of hydrogen-bond acceptors (Lipinski definition) is 13. The minimum absolute atomic E-state index is 0.00176. The number of carbonyl (C=O) groups is 12. The Morgan fingerprint density at radius 1 is 0.618 bits per heavy atom. The van der Waals surface area contributed by atoms with Crippen LogP contribution in [0.4, 0.5) is 35.1 Å². The zero-order valence-electron chi connectivity index (χ0n) is 66.8. The second-order valence-corrected chi connectivity index (χ2v) is 33.4. The van der Waals surface area contributed by atoms with Gasteiger partial charge in [0.05, 0.1) is 31.5 Å². The molecule has 3 N–H and O–H groups in total. The minimum Gasteiger partial charge on any atom is -0.377 e. The molecule has 2 bridgehead atoms. The van der Waals surface area contributed by atoms with Gasteiger partial charge in [-0.3, -0.25) is 57.5 Å². The lowest BCUT2D eigenvalue weighted by Gasteiger charge is -2.54. The smallest absolute Gasteiger partial charge is 0.377 e. The molecule has 12 atom stereocenters. The number of rotatable bonds is 15. The highest BCUT2D eigenvalue weighted by Gasteiger charge is 2.60. The van der Waals surface area contributed by atoms with E-state index in [0.717, 1.165) is 37.3 Å². The Bertz CT molecular complexity index is 3310. The fourth-order valence-corrected chi connectivity index (χ4v) is 17.6. The minimum atomic E-state index is -5.22. The highest BCUT2D eigenvalue weighted by molar-refractivity contribution is 6.01. The molecule has 2 unspecified atom stereocenters. The molecule has 7 rings (SSSR count). The fraction of sp³-hybridized carbons (Fsp3) is 0.818. The van der Waals surface area contributed by atoms with Gasteiger partial charge in [-0.05, 0) is 132 Å². The van der Waals surface area contributed by atoms with Crippen molar-refractivity contribution in [1.29, 1.82) is 0 Å². The number of nitrogens with one attached hydrogen (secondary N) is 3. The number of amides is 12. The maximum absolute atomic E-state index is 15.8. The van der Waals surface area contributed by atoms with Gasteiger partial charge in [-0.2, -0.15) is 26.3 Å². The SMILES string of the molecule is CCO[C@@H]1C[C@H]2C(=O)NC3(CC(C)(C)C3)C(=O)N(C)[C@@H](C(CC)CC)C(=O)N(C)[C@H](C(=O)N(C)C)CC(=O)N(C)[C@@H](CC3CC3)C(=O)N[C@@H]([C@@H](C)CC)C(=O)N(C)CC(=O)N(C)[C@H]3C/C=C\CCN(C3=O)[C@@H](CC3CCC(C(F)(F)F)CC3)C(=O)N(C)CC(=O)N[C@@H](CCC3CC(F)C(C(F)(F)F)C(F)C3)C(=O)N2C1. The largest absolute Gasteiger partial charge is 0.397 e. The first-order valence-corrected chi connectivity index (χ1v) is 39.3. The number of halogens is 8. The van der Waals surface area contributed by atoms with E-state index in [4.69, 9.17) is 4.74 Å². The summed E-state index contributed by atoms with van der Waals surface area (Å²) in [6.45, 7) is 10.6. The van der Waals surface area contributed by atoms with Gasteiger partial charge in [0.1, 0.15) is 72.1 Å². The lowest BCUT2D eigenvalue weighted by Crippen LogP contribution is -2.71. The van der Waals surface area contributed by atoms with Crippen molar-refractivity contribution in [3.8, 4) is 0 Å². The Morgan fingerprint density at radius 2 is 1.20 bits per heavy atom. The predicted octanol–water partition coefficient (Wildman–Crippen LogP) is 6.99. The van der Waals surface area contributed by atoms with Crippen LogP contribution in [0.1, 0.15) is 183 Å². The van der Waals surface area contributed by atoms with Gasteiger partial charge in [-0.25, -0.2) is 8.78 Å². The van der Waals surface area contributed by atoms with E-state index in [1.165, 1.54) is 76.0 Å². The Hall–Kier alpha value is -7.22. The van der Waals surface area contributed by atoms with Gasteiger partial charge in [0.25, 0.3) is 0 Å². The van der Waals surface area contributed by atoms with Gasteiger partial charge in [-0.15, -0.1) is 0 Å². The first-order chi connectivity index (χ1) is 51.3. The summed E-state index contributed by atoms with van der Waals surface area (Å²) in [7, 11) is 10.9. The summed E-state index contributed by atoms with van der Waals surface area (Å²) in [6.07, 6.45) is -13.9. The third-order valence-corrected chi connectivity index (χ3v) is 24.5. The quantitative estimate of drug-likeness (QED) is 0.110. The summed E-state index contributed by atoms with van der Waals surface area (Å²) >= 11 is 0. The number of ether oxygens (including phenoxy) is 1. The van der Waals surface area contributed by atoms with Crippen LogP contribution in [-0.2, 0) is 62.3 Å². The highest BCUT2D eigenvalue weighted by atomic mass is 19.4. The summed E-state index contributed by atoms with van der Waals surface area (Å²) in [6, 6.07) is -11.5. The molecule has 0 aromatic heterocycles. The summed E-state index contributed by atoms with van der Waals surface area (Å²) in [5.74, 6) is -17.0. The molecule has 0 aromatic carbocycles. The Balaban J connectivity index is 1.34. The molecular weight excluding hydrogens is 1450 g/mol. The van der Waals surface area contributed by atoms with E-state index in [-0.39, 0.29) is 103 Å². The van der Waals surface area contributed by atoms with Gasteiger partial charge < -0.3 is 64.8 Å². The Labute approximate surface area is 642 Å². The van der Waals surface area contributed by atoms with Crippen LogP contribution in [-0.4, -0.2) is 289 Å². The molecule has 33 heteroatoms. The zero-order valence-corrected chi connectivity index (χ0v) is 66.8. The molecular formula is C77H120F8N12O13. The molecule has 12 amide bonds. The van der Waals surface area contributed by atoms with Crippen LogP contribution in [0, 0.1) is 46.8 Å². The molecule has 3 heterocycles. The summed E-state index contributed by atoms with van der Waals surface area (Å²) in [5.41, 5.74) is -2.40. The van der Waals surface area contributed by atoms with Gasteiger partial charge in [0, 0.05) is 82.5 Å². The van der Waals surface area contributed by atoms with Crippen molar-refractivity contribution >= 4 is 70.9 Å². The second-order valence-electron chi connectivity index (χ2n) is 33.4. The number of likely N-dealkylation sites (N-methyl/N-ethyl adjacent to an activating group) is 7. The fourth-order valence-electron chi connectivity index (χ4n) is 17.6. The van der Waals surface area contributed by atoms with Gasteiger partial charge in [0.2, 0.25) is 70.9 Å². The van der Waals surface area contributed by atoms with Crippen LogP contribution in [0.3, 0.4) is 0 Å². The molecule has 1 spiro atoms. The monoisotopic (exact) mass is 1570 g/mol. The number of alkyl halides is 8. The molecule has 110 heavy (non-hydrogen) atoms. The average molecular weight is 1570 g/mol. The van der Waals surface area contributed by atoms with E-state index in [1.54, 1.807) is 32.9 Å². The molecule has 6 fully saturated rings. The van der Waals surface area contributed by atoms with Crippen LogP contribution in [0.5, 0.6) is 0 Å². The second kappa shape index (κ2) is 37.6. The number of nitrogens with zero attached hydrogens (tertiary/aromatic N) is 9. The van der Waals surface area contributed by atoms with Crippen molar-refractivity contribution in [3.63, 3.8) is 0 Å².